The molecule has 2 heterocycles. The third-order valence-electron chi connectivity index (χ3n) is 5.74. The third-order valence-corrected chi connectivity index (χ3v) is 5.74. The lowest BCUT2D eigenvalue weighted by Crippen LogP contribution is -2.52. The van der Waals surface area contributed by atoms with Gasteiger partial charge in [0.2, 0.25) is 0 Å². The Morgan fingerprint density at radius 2 is 1.58 bits per heavy atom. The first-order valence-electron chi connectivity index (χ1n) is 10.3. The number of ether oxygens (including phenoxy) is 1. The molecule has 164 valence electrons. The van der Waals surface area contributed by atoms with Gasteiger partial charge >= 0.3 is 6.18 Å². The van der Waals surface area contributed by atoms with Gasteiger partial charge in [-0.05, 0) is 48.2 Å². The summed E-state index contributed by atoms with van der Waals surface area (Å²) in [5.74, 6) is -0.158. The minimum atomic E-state index is -4.40. The summed E-state index contributed by atoms with van der Waals surface area (Å²) in [6, 6.07) is 11.7. The van der Waals surface area contributed by atoms with Crippen molar-refractivity contribution in [2.75, 3.05) is 32.8 Å². The molecule has 0 aliphatic carbocycles. The number of rotatable bonds is 3. The number of amides is 2. The summed E-state index contributed by atoms with van der Waals surface area (Å²) in [6.45, 7) is 2.42. The van der Waals surface area contributed by atoms with Crippen LogP contribution in [0, 0.1) is 0 Å². The highest BCUT2D eigenvalue weighted by molar-refractivity contribution is 5.95. The van der Waals surface area contributed by atoms with Crippen molar-refractivity contribution in [2.24, 2.45) is 0 Å². The van der Waals surface area contributed by atoms with E-state index in [-0.39, 0.29) is 17.9 Å². The van der Waals surface area contributed by atoms with Gasteiger partial charge in [-0.2, -0.15) is 13.2 Å². The van der Waals surface area contributed by atoms with Crippen LogP contribution in [0.1, 0.15) is 28.8 Å². The number of hydrogen-bond acceptors (Lipinski definition) is 3. The van der Waals surface area contributed by atoms with E-state index < -0.39 is 11.7 Å². The van der Waals surface area contributed by atoms with E-state index in [0.717, 1.165) is 25.0 Å². The standard InChI is InChI=1S/C23H23F3N2O3/c24-23(25,26)19-4-1-3-18(15-19)16-6-8-17(9-7-16)21(29)27-10-12-28(13-11-27)22(30)20-5-2-14-31-20/h1,3-4,6-9,15,20H,2,5,10-14H2/t20-/m0/s1. The molecule has 0 saturated carbocycles. The van der Waals surface area contributed by atoms with Gasteiger partial charge in [0, 0.05) is 38.3 Å². The van der Waals surface area contributed by atoms with E-state index in [1.54, 1.807) is 40.1 Å². The maximum Gasteiger partial charge on any atom is 0.416 e. The summed E-state index contributed by atoms with van der Waals surface area (Å²) in [5, 5.41) is 0. The average molecular weight is 432 g/mol. The zero-order valence-electron chi connectivity index (χ0n) is 16.9. The van der Waals surface area contributed by atoms with E-state index in [1.165, 1.54) is 6.07 Å². The first-order chi connectivity index (χ1) is 14.8. The summed E-state index contributed by atoms with van der Waals surface area (Å²) in [6.07, 6.45) is -3.12. The van der Waals surface area contributed by atoms with Crippen LogP contribution in [0.2, 0.25) is 0 Å². The number of nitrogens with zero attached hydrogens (tertiary/aromatic N) is 2. The zero-order chi connectivity index (χ0) is 22.0. The molecule has 8 heteroatoms. The van der Waals surface area contributed by atoms with Crippen molar-refractivity contribution in [3.63, 3.8) is 0 Å². The normalized spacial score (nSPS) is 19.5. The van der Waals surface area contributed by atoms with E-state index in [9.17, 15) is 22.8 Å². The number of carbonyl (C=O) groups excluding carboxylic acids is 2. The largest absolute Gasteiger partial charge is 0.416 e. The van der Waals surface area contributed by atoms with Crippen molar-refractivity contribution in [3.05, 3.63) is 59.7 Å². The van der Waals surface area contributed by atoms with Crippen LogP contribution in [-0.4, -0.2) is 60.5 Å². The second-order valence-corrected chi connectivity index (χ2v) is 7.78. The van der Waals surface area contributed by atoms with E-state index in [1.807, 2.05) is 0 Å². The lowest BCUT2D eigenvalue weighted by Gasteiger charge is -2.35. The molecule has 0 spiro atoms. The molecule has 2 aromatic rings. The minimum absolute atomic E-state index is 0.00459. The van der Waals surface area contributed by atoms with Crippen LogP contribution in [0.25, 0.3) is 11.1 Å². The van der Waals surface area contributed by atoms with Crippen LogP contribution < -0.4 is 0 Å². The first-order valence-corrected chi connectivity index (χ1v) is 10.3. The summed E-state index contributed by atoms with van der Waals surface area (Å²) < 4.78 is 44.3. The second-order valence-electron chi connectivity index (χ2n) is 7.78. The fraction of sp³-hybridized carbons (Fsp3) is 0.391. The predicted molar refractivity (Wildman–Crippen MR) is 108 cm³/mol. The van der Waals surface area contributed by atoms with Crippen LogP contribution in [0.3, 0.4) is 0 Å². The predicted octanol–water partition coefficient (Wildman–Crippen LogP) is 3.84. The minimum Gasteiger partial charge on any atom is -0.368 e. The number of carbonyl (C=O) groups is 2. The summed E-state index contributed by atoms with van der Waals surface area (Å²) in [4.78, 5) is 28.7. The Labute approximate surface area is 178 Å². The van der Waals surface area contributed by atoms with Crippen molar-refractivity contribution >= 4 is 11.8 Å². The lowest BCUT2D eigenvalue weighted by atomic mass is 10.0. The van der Waals surface area contributed by atoms with Crippen molar-refractivity contribution in [1.29, 1.82) is 0 Å². The molecule has 0 bridgehead atoms. The van der Waals surface area contributed by atoms with Gasteiger partial charge in [-0.15, -0.1) is 0 Å². The molecule has 5 nitrogen and oxygen atoms in total. The van der Waals surface area contributed by atoms with Crippen LogP contribution in [-0.2, 0) is 15.7 Å². The number of alkyl halides is 3. The molecular weight excluding hydrogens is 409 g/mol. The van der Waals surface area contributed by atoms with Crippen LogP contribution >= 0.6 is 0 Å². The molecule has 0 N–H and O–H groups in total. The van der Waals surface area contributed by atoms with Crippen LogP contribution in [0.15, 0.2) is 48.5 Å². The number of halogens is 3. The Kier molecular flexibility index (Phi) is 6.00. The Morgan fingerprint density at radius 1 is 0.903 bits per heavy atom. The third kappa shape index (κ3) is 4.74. The number of hydrogen-bond donors (Lipinski definition) is 0. The molecule has 2 fully saturated rings. The number of piperazine rings is 1. The monoisotopic (exact) mass is 432 g/mol. The molecule has 0 aromatic heterocycles. The van der Waals surface area contributed by atoms with Crippen molar-refractivity contribution in [2.45, 2.75) is 25.1 Å². The zero-order valence-corrected chi connectivity index (χ0v) is 16.9. The van der Waals surface area contributed by atoms with Crippen LogP contribution in [0.4, 0.5) is 13.2 Å². The van der Waals surface area contributed by atoms with E-state index in [0.29, 0.717) is 49.5 Å². The van der Waals surface area contributed by atoms with Gasteiger partial charge < -0.3 is 14.5 Å². The van der Waals surface area contributed by atoms with Gasteiger partial charge in [0.15, 0.2) is 0 Å². The molecule has 2 aliphatic rings. The molecule has 0 unspecified atom stereocenters. The fourth-order valence-electron chi connectivity index (χ4n) is 3.97. The number of benzene rings is 2. The second kappa shape index (κ2) is 8.70. The van der Waals surface area contributed by atoms with Gasteiger partial charge in [-0.25, -0.2) is 0 Å². The van der Waals surface area contributed by atoms with E-state index >= 15 is 0 Å². The van der Waals surface area contributed by atoms with Gasteiger partial charge in [0.25, 0.3) is 11.8 Å². The summed E-state index contributed by atoms with van der Waals surface area (Å²) in [7, 11) is 0. The Balaban J connectivity index is 1.38. The van der Waals surface area contributed by atoms with Crippen molar-refractivity contribution in [3.8, 4) is 11.1 Å². The highest BCUT2D eigenvalue weighted by atomic mass is 19.4. The molecule has 2 aromatic carbocycles. The SMILES string of the molecule is O=C(c1ccc(-c2cccc(C(F)(F)F)c2)cc1)N1CCN(C(=O)[C@@H]2CCCO2)CC1. The molecule has 2 aliphatic heterocycles. The molecule has 31 heavy (non-hydrogen) atoms. The first kappa shape index (κ1) is 21.4. The quantitative estimate of drug-likeness (QED) is 0.741. The van der Waals surface area contributed by atoms with E-state index in [4.69, 9.17) is 4.74 Å². The van der Waals surface area contributed by atoms with Crippen LogP contribution in [0.5, 0.6) is 0 Å². The molecule has 0 radical (unpaired) electrons. The molecule has 2 amide bonds. The van der Waals surface area contributed by atoms with Gasteiger partial charge in [0.05, 0.1) is 5.56 Å². The molecule has 1 atom stereocenters. The Morgan fingerprint density at radius 3 is 2.19 bits per heavy atom. The molecule has 4 rings (SSSR count). The smallest absolute Gasteiger partial charge is 0.368 e. The Bertz CT molecular complexity index is 945. The fourth-order valence-corrected chi connectivity index (χ4v) is 3.97. The van der Waals surface area contributed by atoms with Gasteiger partial charge in [-0.1, -0.05) is 24.3 Å². The topological polar surface area (TPSA) is 49.9 Å². The van der Waals surface area contributed by atoms with Gasteiger partial charge in [0.1, 0.15) is 6.10 Å². The van der Waals surface area contributed by atoms with Gasteiger partial charge in [-0.3, -0.25) is 9.59 Å². The summed E-state index contributed by atoms with van der Waals surface area (Å²) >= 11 is 0. The van der Waals surface area contributed by atoms with Crippen molar-refractivity contribution in [1.82, 2.24) is 9.80 Å². The maximum atomic E-state index is 12.9. The Hall–Kier alpha value is -2.87. The molecular formula is C23H23F3N2O3. The van der Waals surface area contributed by atoms with Crippen molar-refractivity contribution < 1.29 is 27.5 Å². The highest BCUT2D eigenvalue weighted by Crippen LogP contribution is 2.32. The average Bonchev–Trinajstić information content (AvgIpc) is 3.33. The lowest BCUT2D eigenvalue weighted by molar-refractivity contribution is -0.142. The molecule has 2 saturated heterocycles. The summed E-state index contributed by atoms with van der Waals surface area (Å²) in [5.41, 5.74) is 0.805. The maximum absolute atomic E-state index is 12.9. The van der Waals surface area contributed by atoms with E-state index in [2.05, 4.69) is 0 Å². The highest BCUT2D eigenvalue weighted by Gasteiger charge is 2.32.